The van der Waals surface area contributed by atoms with Crippen molar-refractivity contribution in [2.75, 3.05) is 0 Å². The van der Waals surface area contributed by atoms with Gasteiger partial charge in [-0.1, -0.05) is 128 Å². The Bertz CT molecular complexity index is 1610. The fraction of sp³-hybridized carbons (Fsp3) is 0.0857. The summed E-state index contributed by atoms with van der Waals surface area (Å²) in [7, 11) is 0. The van der Waals surface area contributed by atoms with Crippen LogP contribution in [0.15, 0.2) is 133 Å². The van der Waals surface area contributed by atoms with Gasteiger partial charge in [-0.2, -0.15) is 0 Å². The summed E-state index contributed by atoms with van der Waals surface area (Å²) in [5.74, 6) is 0.356. The Morgan fingerprint density at radius 3 is 1.74 bits per heavy atom. The van der Waals surface area contributed by atoms with Crippen LogP contribution in [0.4, 0.5) is 0 Å². The van der Waals surface area contributed by atoms with Crippen LogP contribution >= 0.6 is 0 Å². The van der Waals surface area contributed by atoms with E-state index in [0.29, 0.717) is 5.92 Å². The Labute approximate surface area is 207 Å². The van der Waals surface area contributed by atoms with Gasteiger partial charge < -0.3 is 0 Å². The molecule has 35 heavy (non-hydrogen) atoms. The van der Waals surface area contributed by atoms with Gasteiger partial charge in [0.2, 0.25) is 0 Å². The largest absolute Gasteiger partial charge is 0.0645 e. The number of hydrogen-bond acceptors (Lipinski definition) is 0. The maximum atomic E-state index is 2.41. The van der Waals surface area contributed by atoms with E-state index in [4.69, 9.17) is 0 Å². The van der Waals surface area contributed by atoms with Gasteiger partial charge in [0.25, 0.3) is 0 Å². The molecule has 0 saturated carbocycles. The number of rotatable bonds is 5. The van der Waals surface area contributed by atoms with Gasteiger partial charge >= 0.3 is 0 Å². The topological polar surface area (TPSA) is 0 Å². The van der Waals surface area contributed by atoms with E-state index in [0.717, 1.165) is 6.42 Å². The quantitative estimate of drug-likeness (QED) is 0.230. The van der Waals surface area contributed by atoms with Crippen LogP contribution in [0, 0.1) is 0 Å². The Morgan fingerprint density at radius 1 is 0.457 bits per heavy atom. The normalized spacial score (nSPS) is 12.1. The van der Waals surface area contributed by atoms with E-state index < -0.39 is 0 Å². The molecule has 168 valence electrons. The van der Waals surface area contributed by atoms with Crippen LogP contribution in [0.25, 0.3) is 43.8 Å². The SMILES string of the molecule is CCC(c1ccc(-c2cccc(-c3ccccc3)c2)cc1)c1cc2ccccc2c2ccccc12. The summed E-state index contributed by atoms with van der Waals surface area (Å²) in [6.07, 6.45) is 1.06. The summed E-state index contributed by atoms with van der Waals surface area (Å²) in [6.45, 7) is 2.30. The first-order chi connectivity index (χ1) is 17.3. The molecule has 0 aliphatic rings. The van der Waals surface area contributed by atoms with Gasteiger partial charge in [-0.25, -0.2) is 0 Å². The summed E-state index contributed by atoms with van der Waals surface area (Å²) in [6, 6.07) is 48.6. The number of hydrogen-bond donors (Lipinski definition) is 0. The minimum Gasteiger partial charge on any atom is -0.0645 e. The number of fused-ring (bicyclic) bond motifs is 3. The van der Waals surface area contributed by atoms with Crippen molar-refractivity contribution < 1.29 is 0 Å². The highest BCUT2D eigenvalue weighted by Gasteiger charge is 2.17. The Hall–Kier alpha value is -4.16. The van der Waals surface area contributed by atoms with E-state index in [9.17, 15) is 0 Å². The van der Waals surface area contributed by atoms with Crippen LogP contribution in [0.2, 0.25) is 0 Å². The zero-order chi connectivity index (χ0) is 23.6. The highest BCUT2D eigenvalue weighted by molar-refractivity contribution is 6.09. The molecule has 0 heterocycles. The van der Waals surface area contributed by atoms with Crippen molar-refractivity contribution in [3.8, 4) is 22.3 Å². The number of benzene rings is 6. The molecule has 0 aliphatic heterocycles. The lowest BCUT2D eigenvalue weighted by Gasteiger charge is -2.20. The van der Waals surface area contributed by atoms with E-state index in [1.54, 1.807) is 0 Å². The maximum Gasteiger partial charge on any atom is 0.00931 e. The average Bonchev–Trinajstić information content (AvgIpc) is 2.94. The third-order valence-electron chi connectivity index (χ3n) is 7.20. The Balaban J connectivity index is 1.40. The summed E-state index contributed by atoms with van der Waals surface area (Å²) in [5, 5.41) is 5.34. The summed E-state index contributed by atoms with van der Waals surface area (Å²) in [5.41, 5.74) is 7.80. The summed E-state index contributed by atoms with van der Waals surface area (Å²) < 4.78 is 0. The molecular formula is C35H28. The molecular weight excluding hydrogens is 420 g/mol. The van der Waals surface area contributed by atoms with Gasteiger partial charge in [0.1, 0.15) is 0 Å². The smallest absolute Gasteiger partial charge is 0.00931 e. The molecule has 0 bridgehead atoms. The lowest BCUT2D eigenvalue weighted by Crippen LogP contribution is -2.01. The second-order valence-corrected chi connectivity index (χ2v) is 9.26. The van der Waals surface area contributed by atoms with Gasteiger partial charge in [-0.15, -0.1) is 0 Å². The first-order valence-electron chi connectivity index (χ1n) is 12.5. The van der Waals surface area contributed by atoms with Crippen molar-refractivity contribution in [1.82, 2.24) is 0 Å². The first kappa shape index (κ1) is 21.4. The molecule has 1 unspecified atom stereocenters. The standard InChI is InChI=1S/C35H28/c1-2-31(35-24-30-13-6-7-16-32(30)33-17-8-9-18-34(33)35)27-21-19-26(20-22-27)29-15-10-14-28(23-29)25-11-4-3-5-12-25/h3-24,31H,2H2,1H3. The van der Waals surface area contributed by atoms with Crippen molar-refractivity contribution in [3.05, 3.63) is 145 Å². The van der Waals surface area contributed by atoms with Crippen molar-refractivity contribution >= 4 is 21.5 Å². The highest BCUT2D eigenvalue weighted by atomic mass is 14.2. The molecule has 0 amide bonds. The Kier molecular flexibility index (Phi) is 5.64. The van der Waals surface area contributed by atoms with Crippen LogP contribution in [-0.4, -0.2) is 0 Å². The zero-order valence-electron chi connectivity index (χ0n) is 20.0. The zero-order valence-corrected chi connectivity index (χ0v) is 20.0. The lowest BCUT2D eigenvalue weighted by molar-refractivity contribution is 0.785. The van der Waals surface area contributed by atoms with Crippen LogP contribution in [0.1, 0.15) is 30.4 Å². The molecule has 0 N–H and O–H groups in total. The fourth-order valence-corrected chi connectivity index (χ4v) is 5.42. The molecule has 0 nitrogen and oxygen atoms in total. The molecule has 0 fully saturated rings. The van der Waals surface area contributed by atoms with Crippen LogP contribution < -0.4 is 0 Å². The molecule has 6 rings (SSSR count). The first-order valence-corrected chi connectivity index (χ1v) is 12.5. The van der Waals surface area contributed by atoms with Crippen molar-refractivity contribution in [1.29, 1.82) is 0 Å². The molecule has 0 aromatic heterocycles. The fourth-order valence-electron chi connectivity index (χ4n) is 5.42. The molecule has 0 radical (unpaired) electrons. The van der Waals surface area contributed by atoms with E-state index in [2.05, 4.69) is 140 Å². The van der Waals surface area contributed by atoms with Crippen LogP contribution in [0.5, 0.6) is 0 Å². The average molecular weight is 449 g/mol. The maximum absolute atomic E-state index is 2.41. The van der Waals surface area contributed by atoms with Crippen LogP contribution in [0.3, 0.4) is 0 Å². The third-order valence-corrected chi connectivity index (χ3v) is 7.20. The monoisotopic (exact) mass is 448 g/mol. The molecule has 0 heteroatoms. The second-order valence-electron chi connectivity index (χ2n) is 9.26. The van der Waals surface area contributed by atoms with Crippen molar-refractivity contribution in [2.24, 2.45) is 0 Å². The van der Waals surface area contributed by atoms with Crippen molar-refractivity contribution in [2.45, 2.75) is 19.3 Å². The van der Waals surface area contributed by atoms with Gasteiger partial charge in [0, 0.05) is 5.92 Å². The molecule has 1 atom stereocenters. The third kappa shape index (κ3) is 4.02. The van der Waals surface area contributed by atoms with Gasteiger partial charge in [-0.3, -0.25) is 0 Å². The lowest BCUT2D eigenvalue weighted by atomic mass is 9.84. The predicted octanol–water partition coefficient (Wildman–Crippen LogP) is 9.87. The molecule has 0 aliphatic carbocycles. The van der Waals surface area contributed by atoms with Gasteiger partial charge in [0.05, 0.1) is 0 Å². The van der Waals surface area contributed by atoms with Crippen LogP contribution in [-0.2, 0) is 0 Å². The second kappa shape index (κ2) is 9.24. The molecule has 6 aromatic carbocycles. The van der Waals surface area contributed by atoms with Crippen molar-refractivity contribution in [3.63, 3.8) is 0 Å². The van der Waals surface area contributed by atoms with Gasteiger partial charge in [0.15, 0.2) is 0 Å². The van der Waals surface area contributed by atoms with E-state index in [1.165, 1.54) is 54.9 Å². The predicted molar refractivity (Wildman–Crippen MR) is 151 cm³/mol. The van der Waals surface area contributed by atoms with E-state index in [1.807, 2.05) is 0 Å². The minimum atomic E-state index is 0.356. The summed E-state index contributed by atoms with van der Waals surface area (Å²) >= 11 is 0. The van der Waals surface area contributed by atoms with E-state index in [-0.39, 0.29) is 0 Å². The highest BCUT2D eigenvalue weighted by Crippen LogP contribution is 2.38. The van der Waals surface area contributed by atoms with E-state index >= 15 is 0 Å². The molecule has 0 spiro atoms. The molecule has 6 aromatic rings. The minimum absolute atomic E-state index is 0.356. The molecule has 0 saturated heterocycles. The Morgan fingerprint density at radius 2 is 1.03 bits per heavy atom. The van der Waals surface area contributed by atoms with Gasteiger partial charge in [-0.05, 0) is 73.5 Å². The summed E-state index contributed by atoms with van der Waals surface area (Å²) in [4.78, 5) is 0.